The zero-order valence-corrected chi connectivity index (χ0v) is 75.0. The van der Waals surface area contributed by atoms with Gasteiger partial charge in [-0.1, -0.05) is 61.5 Å². The van der Waals surface area contributed by atoms with E-state index in [4.69, 9.17) is 0 Å². The van der Waals surface area contributed by atoms with Crippen LogP contribution in [0.1, 0.15) is 55.4 Å². The minimum absolute atomic E-state index is 0.845. The van der Waals surface area contributed by atoms with Crippen molar-refractivity contribution in [1.82, 2.24) is 170 Å². The Balaban J connectivity index is 0.000000217. The molecule has 676 valence electrons. The third-order valence-corrected chi connectivity index (χ3v) is 15.5. The van der Waals surface area contributed by atoms with E-state index in [1.54, 1.807) is 136 Å². The number of aromatic amines is 13. The van der Waals surface area contributed by atoms with Crippen molar-refractivity contribution >= 4 is 99.0 Å². The van der Waals surface area contributed by atoms with E-state index in [0.717, 1.165) is 93.7 Å². The van der Waals surface area contributed by atoms with E-state index < -0.39 is 0 Å². The lowest BCUT2D eigenvalue weighted by Gasteiger charge is -1.82. The second-order valence-electron chi connectivity index (χ2n) is 24.0. The molecular formula is C99H110N34. The summed E-state index contributed by atoms with van der Waals surface area (Å²) in [5.41, 5.74) is 12.8. The third kappa shape index (κ3) is 44.2. The second kappa shape index (κ2) is 70.6. The number of pyridine rings is 5. The van der Waals surface area contributed by atoms with Crippen LogP contribution >= 0.6 is 0 Å². The maximum Gasteiger partial charge on any atom is 0.159 e. The fourth-order valence-electron chi connectivity index (χ4n) is 9.71. The Kier molecular flexibility index (Phi) is 54.8. The van der Waals surface area contributed by atoms with Gasteiger partial charge in [0.25, 0.3) is 0 Å². The monoisotopic (exact) mass is 1770 g/mol. The van der Waals surface area contributed by atoms with Crippen molar-refractivity contribution in [2.45, 2.75) is 55.4 Å². The number of nitrogens with zero attached hydrogens (tertiary/aromatic N) is 21. The second-order valence-corrected chi connectivity index (χ2v) is 24.0. The molecule has 13 N–H and O–H groups in total. The highest BCUT2D eigenvalue weighted by Crippen LogP contribution is 2.12. The first-order valence-corrected chi connectivity index (χ1v) is 42.2. The van der Waals surface area contributed by atoms with Crippen LogP contribution in [0.3, 0.4) is 0 Å². The Morgan fingerprint density at radius 2 is 0.571 bits per heavy atom. The van der Waals surface area contributed by atoms with Crippen LogP contribution in [0.5, 0.6) is 0 Å². The van der Waals surface area contributed by atoms with Gasteiger partial charge in [-0.3, -0.25) is 34.9 Å². The Morgan fingerprint density at radius 3 is 1.08 bits per heavy atom. The van der Waals surface area contributed by atoms with Gasteiger partial charge in [0.1, 0.15) is 29.3 Å². The minimum atomic E-state index is 0.845. The van der Waals surface area contributed by atoms with Gasteiger partial charge < -0.3 is 64.8 Å². The molecule has 0 spiro atoms. The standard InChI is InChI=1S/4C7H6N2.5C6H5N3.C5H5N.3C4H4N2.4C4H5N.4C2H6/c1-4-9-7-2-3-8-5-6(1)7;1-3-8-5-7-6(1)2-4-9-7;1-2-6-7(8-4-1)3-5-9-6;1-2-6-3-5-9-7(6)8-4-1;1-3-7-5-2-4-8-9-6(1)5;1-3-7-6-5(1)2-4-8-9-6;1-2-8-6-3-7-4-9-5(1)6;1-2-7-6-4-9-8-3-5(1)6;1-2-8-6-5(1)7-3-4-9-6;1-2-4-6-5-3-1;1-2-6-4-3-5-1;1-2-5-4-6-3-1;1-2-4-6-5-3-1;4*1-2-4-5-3-1;4*1-2/h3*1-5,9H;1-5H,(H,8,9);1-4,7H;1-4H,(H,7,9);1-4,8H;1-4,7H;1-4H,(H,8,9);1-5H;3*1-4H;4*1-5H;4*1-2H3. The van der Waals surface area contributed by atoms with Gasteiger partial charge in [0, 0.05) is 243 Å². The summed E-state index contributed by atoms with van der Waals surface area (Å²) in [4.78, 5) is 89.2. The molecule has 0 atom stereocenters. The van der Waals surface area contributed by atoms with Gasteiger partial charge in [-0.15, -0.1) is 10.2 Å². The first kappa shape index (κ1) is 103. The molecule has 34 nitrogen and oxygen atoms in total. The SMILES string of the molecule is CC.CC.CC.CC.c1cc2[nH]ccc2cn1.c1cc2[nH]ccc2nn1.c1cc2cc[nH]c2cn1.c1cc2cc[nH]c2nn1.c1cc2cnncc2[nH]1.c1cc[nH]c1.c1cc[nH]c1.c1cc[nH]c1.c1cc[nH]c1.c1ccncc1.c1ccnnc1.c1cnc2[nH]ccc2c1.c1cnc2[nH]ccc2n1.c1cnc2cc[nH]c2c1.c1cnccn1.c1cncnc1.c1ncc2[nH]ccc2n1. The van der Waals surface area contributed by atoms with Crippen LogP contribution in [0.25, 0.3) is 99.0 Å². The van der Waals surface area contributed by atoms with Crippen LogP contribution in [0.4, 0.5) is 0 Å². The lowest BCUT2D eigenvalue weighted by molar-refractivity contribution is 1.03. The summed E-state index contributed by atoms with van der Waals surface area (Å²) in [5, 5.41) is 35.3. The van der Waals surface area contributed by atoms with Gasteiger partial charge in [-0.05, 0) is 182 Å². The van der Waals surface area contributed by atoms with Gasteiger partial charge >= 0.3 is 0 Å². The summed E-state index contributed by atoms with van der Waals surface area (Å²) < 4.78 is 0. The molecule has 26 aromatic rings. The van der Waals surface area contributed by atoms with E-state index in [0.29, 0.717) is 0 Å². The predicted octanol–water partition coefficient (Wildman–Crippen LogP) is 21.7. The third-order valence-electron chi connectivity index (χ3n) is 15.5. The fourth-order valence-corrected chi connectivity index (χ4v) is 9.71. The molecule has 26 aromatic heterocycles. The highest BCUT2D eigenvalue weighted by molar-refractivity contribution is 5.80. The maximum absolute atomic E-state index is 4.11. The van der Waals surface area contributed by atoms with Crippen molar-refractivity contribution in [3.05, 3.63) is 449 Å². The Labute approximate surface area is 769 Å². The lowest BCUT2D eigenvalue weighted by Crippen LogP contribution is -1.77. The summed E-state index contributed by atoms with van der Waals surface area (Å²) >= 11 is 0. The fraction of sp³-hybridized carbons (Fsp3) is 0.0808. The van der Waals surface area contributed by atoms with E-state index in [2.05, 4.69) is 170 Å². The van der Waals surface area contributed by atoms with Crippen molar-refractivity contribution in [2.24, 2.45) is 0 Å². The zero-order valence-electron chi connectivity index (χ0n) is 75.0. The molecular weight excluding hydrogens is 1670 g/mol. The summed E-state index contributed by atoms with van der Waals surface area (Å²) in [6, 6.07) is 59.9. The highest BCUT2D eigenvalue weighted by atomic mass is 15.1. The number of fused-ring (bicyclic) bond motifs is 9. The van der Waals surface area contributed by atoms with Crippen LogP contribution < -0.4 is 0 Å². The van der Waals surface area contributed by atoms with E-state index in [9.17, 15) is 0 Å². The number of nitrogens with one attached hydrogen (secondary N) is 13. The van der Waals surface area contributed by atoms with Crippen molar-refractivity contribution in [2.75, 3.05) is 0 Å². The van der Waals surface area contributed by atoms with Gasteiger partial charge in [0.2, 0.25) is 0 Å². The van der Waals surface area contributed by atoms with Crippen molar-refractivity contribution < 1.29 is 0 Å². The molecule has 0 amide bonds. The highest BCUT2D eigenvalue weighted by Gasteiger charge is 1.96. The topological polar surface area (TPSA) is 476 Å². The lowest BCUT2D eigenvalue weighted by atomic mass is 10.3. The normalized spacial score (nSPS) is 9.05. The Morgan fingerprint density at radius 1 is 0.165 bits per heavy atom. The van der Waals surface area contributed by atoms with Gasteiger partial charge in [0.05, 0.1) is 75.8 Å². The largest absolute Gasteiger partial charge is 0.368 e. The van der Waals surface area contributed by atoms with E-state index in [1.807, 2.05) is 355 Å². The first-order valence-electron chi connectivity index (χ1n) is 42.2. The molecule has 0 fully saturated rings. The maximum atomic E-state index is 4.11. The van der Waals surface area contributed by atoms with Crippen molar-refractivity contribution in [3.8, 4) is 0 Å². The molecule has 0 aliphatic carbocycles. The van der Waals surface area contributed by atoms with Crippen LogP contribution in [-0.2, 0) is 0 Å². The number of hydrogen-bond donors (Lipinski definition) is 13. The molecule has 26 rings (SSSR count). The molecule has 0 aromatic carbocycles. The van der Waals surface area contributed by atoms with E-state index >= 15 is 0 Å². The van der Waals surface area contributed by atoms with Crippen molar-refractivity contribution in [3.63, 3.8) is 0 Å². The van der Waals surface area contributed by atoms with Gasteiger partial charge in [-0.2, -0.15) is 30.6 Å². The quantitative estimate of drug-likeness (QED) is 0.0670. The molecule has 34 heteroatoms. The Hall–Kier alpha value is -18.6. The molecule has 0 aliphatic heterocycles. The molecule has 133 heavy (non-hydrogen) atoms. The van der Waals surface area contributed by atoms with Crippen LogP contribution in [-0.4, -0.2) is 170 Å². The zero-order chi connectivity index (χ0) is 94.1. The molecule has 0 aliphatic rings. The average molecular weight is 1780 g/mol. The summed E-state index contributed by atoms with van der Waals surface area (Å²) in [6.07, 6.45) is 74.2. The summed E-state index contributed by atoms with van der Waals surface area (Å²) in [6.45, 7) is 16.0. The number of hydrogen-bond acceptors (Lipinski definition) is 21. The minimum Gasteiger partial charge on any atom is -0.368 e. The molecule has 26 heterocycles. The van der Waals surface area contributed by atoms with Crippen LogP contribution in [0.15, 0.2) is 449 Å². The van der Waals surface area contributed by atoms with Crippen LogP contribution in [0, 0.1) is 0 Å². The Bertz CT molecular complexity index is 5200. The molecule has 0 unspecified atom stereocenters. The first-order chi connectivity index (χ1) is 66.2. The molecule has 0 saturated carbocycles. The number of aromatic nitrogens is 34. The summed E-state index contributed by atoms with van der Waals surface area (Å²) in [5.74, 6) is 0. The van der Waals surface area contributed by atoms with Crippen LogP contribution in [0.2, 0.25) is 0 Å². The molecule has 0 radical (unpaired) electrons. The average Bonchev–Trinajstić information content (AvgIpc) is 1.81. The predicted molar refractivity (Wildman–Crippen MR) is 533 cm³/mol. The number of rotatable bonds is 0. The molecule has 0 saturated heterocycles. The van der Waals surface area contributed by atoms with Gasteiger partial charge in [-0.25, -0.2) is 29.9 Å². The van der Waals surface area contributed by atoms with E-state index in [-0.39, 0.29) is 0 Å². The van der Waals surface area contributed by atoms with Crippen molar-refractivity contribution in [1.29, 1.82) is 0 Å². The summed E-state index contributed by atoms with van der Waals surface area (Å²) in [7, 11) is 0. The smallest absolute Gasteiger partial charge is 0.159 e. The number of H-pyrrole nitrogens is 13. The van der Waals surface area contributed by atoms with E-state index in [1.165, 1.54) is 18.0 Å². The molecule has 0 bridgehead atoms. The van der Waals surface area contributed by atoms with Gasteiger partial charge in [0.15, 0.2) is 11.3 Å².